The molecule has 0 amide bonds. The SMILES string of the molecule is CNCCOCCN(C(C)C)C(C)C. The van der Waals surface area contributed by atoms with E-state index in [2.05, 4.69) is 37.9 Å². The first kappa shape index (κ1) is 13.9. The smallest absolute Gasteiger partial charge is 0.0594 e. The van der Waals surface area contributed by atoms with E-state index in [1.807, 2.05) is 7.05 Å². The van der Waals surface area contributed by atoms with Crippen LogP contribution in [0.3, 0.4) is 0 Å². The summed E-state index contributed by atoms with van der Waals surface area (Å²) < 4.78 is 5.50. The molecule has 0 bridgehead atoms. The van der Waals surface area contributed by atoms with Crippen LogP contribution in [0.5, 0.6) is 0 Å². The quantitative estimate of drug-likeness (QED) is 0.601. The topological polar surface area (TPSA) is 24.5 Å². The maximum absolute atomic E-state index is 5.50. The average molecular weight is 202 g/mol. The zero-order valence-corrected chi connectivity index (χ0v) is 10.3. The van der Waals surface area contributed by atoms with Crippen molar-refractivity contribution in [2.45, 2.75) is 39.8 Å². The third-order valence-electron chi connectivity index (χ3n) is 2.32. The second-order valence-electron chi connectivity index (χ2n) is 4.14. The summed E-state index contributed by atoms with van der Waals surface area (Å²) in [4.78, 5) is 2.44. The fourth-order valence-electron chi connectivity index (χ4n) is 1.56. The van der Waals surface area contributed by atoms with Crippen LogP contribution in [0.2, 0.25) is 0 Å². The van der Waals surface area contributed by atoms with Crippen LogP contribution in [0.25, 0.3) is 0 Å². The summed E-state index contributed by atoms with van der Waals surface area (Å²) in [7, 11) is 1.94. The second-order valence-corrected chi connectivity index (χ2v) is 4.14. The van der Waals surface area contributed by atoms with Gasteiger partial charge in [0.2, 0.25) is 0 Å². The summed E-state index contributed by atoms with van der Waals surface area (Å²) in [5.74, 6) is 0. The van der Waals surface area contributed by atoms with E-state index < -0.39 is 0 Å². The van der Waals surface area contributed by atoms with Crippen molar-refractivity contribution in [1.82, 2.24) is 10.2 Å². The van der Waals surface area contributed by atoms with Gasteiger partial charge in [0.05, 0.1) is 13.2 Å². The number of rotatable bonds is 8. The molecule has 0 aliphatic heterocycles. The summed E-state index contributed by atoms with van der Waals surface area (Å²) >= 11 is 0. The first-order valence-corrected chi connectivity index (χ1v) is 5.57. The maximum Gasteiger partial charge on any atom is 0.0594 e. The van der Waals surface area contributed by atoms with E-state index in [9.17, 15) is 0 Å². The number of likely N-dealkylation sites (N-methyl/N-ethyl adjacent to an activating group) is 1. The zero-order chi connectivity index (χ0) is 11.0. The summed E-state index contributed by atoms with van der Waals surface area (Å²) in [6, 6.07) is 1.20. The molecule has 86 valence electrons. The third-order valence-corrected chi connectivity index (χ3v) is 2.32. The third kappa shape index (κ3) is 6.35. The molecule has 0 atom stereocenters. The predicted molar refractivity (Wildman–Crippen MR) is 61.7 cm³/mol. The van der Waals surface area contributed by atoms with Crippen molar-refractivity contribution >= 4 is 0 Å². The van der Waals surface area contributed by atoms with E-state index in [1.54, 1.807) is 0 Å². The van der Waals surface area contributed by atoms with Crippen LogP contribution in [0.15, 0.2) is 0 Å². The molecule has 0 aliphatic carbocycles. The van der Waals surface area contributed by atoms with Crippen molar-refractivity contribution < 1.29 is 4.74 Å². The number of hydrogen-bond donors (Lipinski definition) is 1. The van der Waals surface area contributed by atoms with Crippen LogP contribution < -0.4 is 5.32 Å². The molecule has 0 aromatic carbocycles. The van der Waals surface area contributed by atoms with Gasteiger partial charge in [-0.2, -0.15) is 0 Å². The van der Waals surface area contributed by atoms with Gasteiger partial charge in [0.15, 0.2) is 0 Å². The Kier molecular flexibility index (Phi) is 8.14. The number of nitrogens with zero attached hydrogens (tertiary/aromatic N) is 1. The first-order valence-electron chi connectivity index (χ1n) is 5.57. The lowest BCUT2D eigenvalue weighted by atomic mass is 10.2. The average Bonchev–Trinajstić information content (AvgIpc) is 2.09. The summed E-state index contributed by atoms with van der Waals surface area (Å²) in [5, 5.41) is 3.06. The lowest BCUT2D eigenvalue weighted by Gasteiger charge is -2.30. The van der Waals surface area contributed by atoms with Crippen LogP contribution in [-0.4, -0.2) is 50.3 Å². The molecular formula is C11H26N2O. The van der Waals surface area contributed by atoms with Gasteiger partial charge in [0.25, 0.3) is 0 Å². The van der Waals surface area contributed by atoms with Crippen molar-refractivity contribution in [3.8, 4) is 0 Å². The zero-order valence-electron chi connectivity index (χ0n) is 10.3. The van der Waals surface area contributed by atoms with Gasteiger partial charge in [0.1, 0.15) is 0 Å². The molecule has 0 heterocycles. The Labute approximate surface area is 88.8 Å². The van der Waals surface area contributed by atoms with Crippen molar-refractivity contribution in [3.63, 3.8) is 0 Å². The molecule has 0 rings (SSSR count). The van der Waals surface area contributed by atoms with E-state index in [1.165, 1.54) is 0 Å². The van der Waals surface area contributed by atoms with Crippen LogP contribution in [0.1, 0.15) is 27.7 Å². The Bertz CT molecular complexity index is 118. The molecule has 3 nitrogen and oxygen atoms in total. The molecule has 0 spiro atoms. The lowest BCUT2D eigenvalue weighted by Crippen LogP contribution is -2.39. The van der Waals surface area contributed by atoms with Gasteiger partial charge in [-0.15, -0.1) is 0 Å². The molecule has 0 aromatic rings. The molecule has 0 unspecified atom stereocenters. The van der Waals surface area contributed by atoms with Crippen LogP contribution in [-0.2, 0) is 4.74 Å². The Hall–Kier alpha value is -0.120. The number of nitrogens with one attached hydrogen (secondary N) is 1. The minimum atomic E-state index is 0.600. The van der Waals surface area contributed by atoms with Crippen molar-refractivity contribution in [2.75, 3.05) is 33.4 Å². The van der Waals surface area contributed by atoms with E-state index in [0.717, 1.165) is 26.3 Å². The highest BCUT2D eigenvalue weighted by molar-refractivity contribution is 4.66. The fraction of sp³-hybridized carbons (Fsp3) is 1.00. The number of hydrogen-bond acceptors (Lipinski definition) is 3. The molecule has 0 aromatic heterocycles. The van der Waals surface area contributed by atoms with Crippen LogP contribution in [0, 0.1) is 0 Å². The highest BCUT2D eigenvalue weighted by Crippen LogP contribution is 2.03. The Balaban J connectivity index is 3.52. The van der Waals surface area contributed by atoms with Crippen molar-refractivity contribution in [1.29, 1.82) is 0 Å². The highest BCUT2D eigenvalue weighted by atomic mass is 16.5. The van der Waals surface area contributed by atoms with Gasteiger partial charge in [-0.1, -0.05) is 0 Å². The Morgan fingerprint density at radius 2 is 1.64 bits per heavy atom. The maximum atomic E-state index is 5.50. The molecule has 1 N–H and O–H groups in total. The van der Waals surface area contributed by atoms with Gasteiger partial charge in [-0.25, -0.2) is 0 Å². The minimum Gasteiger partial charge on any atom is -0.379 e. The lowest BCUT2D eigenvalue weighted by molar-refractivity contribution is 0.0803. The molecule has 0 saturated heterocycles. The van der Waals surface area contributed by atoms with Crippen molar-refractivity contribution in [2.24, 2.45) is 0 Å². The molecule has 14 heavy (non-hydrogen) atoms. The molecule has 0 saturated carbocycles. The highest BCUT2D eigenvalue weighted by Gasteiger charge is 2.12. The van der Waals surface area contributed by atoms with Gasteiger partial charge in [-0.05, 0) is 34.7 Å². The van der Waals surface area contributed by atoms with E-state index in [-0.39, 0.29) is 0 Å². The molecule has 0 fully saturated rings. The normalized spacial score (nSPS) is 12.0. The van der Waals surface area contributed by atoms with E-state index >= 15 is 0 Å². The number of ether oxygens (including phenoxy) is 1. The van der Waals surface area contributed by atoms with Gasteiger partial charge < -0.3 is 10.1 Å². The summed E-state index contributed by atoms with van der Waals surface area (Å²) in [5.41, 5.74) is 0. The van der Waals surface area contributed by atoms with Crippen molar-refractivity contribution in [3.05, 3.63) is 0 Å². The molecule has 0 radical (unpaired) electrons. The van der Waals surface area contributed by atoms with Crippen LogP contribution in [0.4, 0.5) is 0 Å². The van der Waals surface area contributed by atoms with Crippen LogP contribution >= 0.6 is 0 Å². The molecule has 0 aliphatic rings. The summed E-state index contributed by atoms with van der Waals surface area (Å²) in [6.45, 7) is 12.5. The molecule has 3 heteroatoms. The Morgan fingerprint density at radius 1 is 1.07 bits per heavy atom. The largest absolute Gasteiger partial charge is 0.379 e. The van der Waals surface area contributed by atoms with Gasteiger partial charge in [-0.3, -0.25) is 4.90 Å². The monoisotopic (exact) mass is 202 g/mol. The Morgan fingerprint density at radius 3 is 2.07 bits per heavy atom. The molecular weight excluding hydrogens is 176 g/mol. The second kappa shape index (κ2) is 8.21. The fourth-order valence-corrected chi connectivity index (χ4v) is 1.56. The standard InChI is InChI=1S/C11H26N2O/c1-10(2)13(11(3)4)7-9-14-8-6-12-5/h10-12H,6-9H2,1-5H3. The predicted octanol–water partition coefficient (Wildman–Crippen LogP) is 1.34. The van der Waals surface area contributed by atoms with Gasteiger partial charge in [0, 0.05) is 25.2 Å². The minimum absolute atomic E-state index is 0.600. The first-order chi connectivity index (χ1) is 6.59. The van der Waals surface area contributed by atoms with E-state index in [0.29, 0.717) is 12.1 Å². The summed E-state index contributed by atoms with van der Waals surface area (Å²) in [6.07, 6.45) is 0. The van der Waals surface area contributed by atoms with Gasteiger partial charge >= 0.3 is 0 Å². The van der Waals surface area contributed by atoms with E-state index in [4.69, 9.17) is 4.74 Å².